The zero-order valence-electron chi connectivity index (χ0n) is 14.1. The fourth-order valence-electron chi connectivity index (χ4n) is 3.67. The minimum atomic E-state index is -3.55. The van der Waals surface area contributed by atoms with E-state index in [4.69, 9.17) is 4.74 Å². The van der Waals surface area contributed by atoms with Crippen LogP contribution >= 0.6 is 0 Å². The predicted octanol–water partition coefficient (Wildman–Crippen LogP) is 1.40. The quantitative estimate of drug-likeness (QED) is 0.890. The molecular formula is C17H22N4O3S. The van der Waals surface area contributed by atoms with Crippen LogP contribution in [-0.2, 0) is 10.0 Å². The van der Waals surface area contributed by atoms with Crippen LogP contribution in [0, 0.1) is 0 Å². The molecule has 25 heavy (non-hydrogen) atoms. The van der Waals surface area contributed by atoms with Crippen LogP contribution < -0.4 is 10.1 Å². The number of rotatable bonds is 4. The summed E-state index contributed by atoms with van der Waals surface area (Å²) in [5, 5.41) is 7.75. The topological polar surface area (TPSA) is 76.5 Å². The van der Waals surface area contributed by atoms with Crippen LogP contribution in [0.4, 0.5) is 0 Å². The molecule has 134 valence electrons. The van der Waals surface area contributed by atoms with Crippen LogP contribution in [0.3, 0.4) is 0 Å². The lowest BCUT2D eigenvalue weighted by Gasteiger charge is -2.22. The minimum Gasteiger partial charge on any atom is -0.494 e. The first-order valence-electron chi connectivity index (χ1n) is 8.52. The Balaban J connectivity index is 1.62. The third-order valence-electron chi connectivity index (χ3n) is 5.01. The third-order valence-corrected chi connectivity index (χ3v) is 6.83. The van der Waals surface area contributed by atoms with Crippen LogP contribution in [0.25, 0.3) is 5.69 Å². The zero-order valence-corrected chi connectivity index (χ0v) is 14.9. The van der Waals surface area contributed by atoms with E-state index < -0.39 is 10.0 Å². The molecule has 1 aromatic carbocycles. The normalized spacial score (nSPS) is 24.2. The molecule has 2 aromatic rings. The molecule has 3 heterocycles. The number of aromatic nitrogens is 2. The van der Waals surface area contributed by atoms with Gasteiger partial charge in [-0.1, -0.05) is 12.1 Å². The van der Waals surface area contributed by atoms with E-state index in [0.29, 0.717) is 30.6 Å². The second-order valence-corrected chi connectivity index (χ2v) is 8.52. The lowest BCUT2D eigenvalue weighted by molar-refractivity contribution is 0.383. The van der Waals surface area contributed by atoms with Crippen LogP contribution in [0.15, 0.2) is 41.6 Å². The Labute approximate surface area is 147 Å². The number of methoxy groups -OCH3 is 1. The van der Waals surface area contributed by atoms with Gasteiger partial charge in [-0.15, -0.1) is 0 Å². The van der Waals surface area contributed by atoms with Crippen LogP contribution in [0.1, 0.15) is 19.3 Å². The van der Waals surface area contributed by atoms with Crippen LogP contribution in [0.2, 0.25) is 0 Å². The fraction of sp³-hybridized carbons (Fsp3) is 0.471. The zero-order chi connectivity index (χ0) is 17.4. The Morgan fingerprint density at radius 1 is 1.20 bits per heavy atom. The number of benzene rings is 1. The SMILES string of the molecule is COc1ccccc1-n1cc(S(=O)(=O)N2CCC3CCC(C2)N3)cn1. The number of nitrogens with zero attached hydrogens (tertiary/aromatic N) is 3. The molecule has 7 nitrogen and oxygen atoms in total. The Bertz CT molecular complexity index is 864. The van der Waals surface area contributed by atoms with Crippen molar-refractivity contribution in [3.05, 3.63) is 36.7 Å². The lowest BCUT2D eigenvalue weighted by atomic mass is 10.1. The van der Waals surface area contributed by atoms with Crippen LogP contribution in [0.5, 0.6) is 5.75 Å². The maximum Gasteiger partial charge on any atom is 0.246 e. The summed E-state index contributed by atoms with van der Waals surface area (Å²) in [5.41, 5.74) is 0.711. The number of hydrogen-bond donors (Lipinski definition) is 1. The molecule has 0 amide bonds. The lowest BCUT2D eigenvalue weighted by Crippen LogP contribution is -2.38. The van der Waals surface area contributed by atoms with Crippen molar-refractivity contribution in [2.75, 3.05) is 20.2 Å². The van der Waals surface area contributed by atoms with Gasteiger partial charge in [0, 0.05) is 25.2 Å². The van der Waals surface area contributed by atoms with Crippen molar-refractivity contribution < 1.29 is 13.2 Å². The van der Waals surface area contributed by atoms with Crippen molar-refractivity contribution in [3.8, 4) is 11.4 Å². The minimum absolute atomic E-state index is 0.219. The predicted molar refractivity (Wildman–Crippen MR) is 93.4 cm³/mol. The number of hydrogen-bond acceptors (Lipinski definition) is 5. The highest BCUT2D eigenvalue weighted by atomic mass is 32.2. The molecule has 2 aliphatic rings. The Hall–Kier alpha value is -1.90. The maximum atomic E-state index is 13.0. The number of para-hydroxylation sites is 2. The molecule has 2 unspecified atom stereocenters. The van der Waals surface area contributed by atoms with Gasteiger partial charge in [0.1, 0.15) is 16.3 Å². The van der Waals surface area contributed by atoms with Gasteiger partial charge in [0.25, 0.3) is 0 Å². The van der Waals surface area contributed by atoms with Crippen molar-refractivity contribution in [1.29, 1.82) is 0 Å². The van der Waals surface area contributed by atoms with E-state index in [1.807, 2.05) is 24.3 Å². The van der Waals surface area contributed by atoms with Crippen molar-refractivity contribution >= 4 is 10.0 Å². The number of ether oxygens (including phenoxy) is 1. The van der Waals surface area contributed by atoms with Crippen molar-refractivity contribution in [1.82, 2.24) is 19.4 Å². The summed E-state index contributed by atoms with van der Waals surface area (Å²) in [5.74, 6) is 0.644. The van der Waals surface area contributed by atoms with E-state index in [1.165, 1.54) is 6.20 Å². The molecule has 2 aliphatic heterocycles. The van der Waals surface area contributed by atoms with Gasteiger partial charge < -0.3 is 10.1 Å². The summed E-state index contributed by atoms with van der Waals surface area (Å²) < 4.78 is 34.5. The average Bonchev–Trinajstić information content (AvgIpc) is 3.21. The first-order valence-corrected chi connectivity index (χ1v) is 9.96. The summed E-state index contributed by atoms with van der Waals surface area (Å²) in [4.78, 5) is 0.219. The van der Waals surface area contributed by atoms with E-state index in [9.17, 15) is 8.42 Å². The molecule has 2 fully saturated rings. The van der Waals surface area contributed by atoms with Gasteiger partial charge in [-0.3, -0.25) is 0 Å². The molecule has 1 aromatic heterocycles. The molecule has 2 bridgehead atoms. The molecule has 1 N–H and O–H groups in total. The molecular weight excluding hydrogens is 340 g/mol. The Kier molecular flexibility index (Phi) is 4.26. The van der Waals surface area contributed by atoms with Crippen LogP contribution in [-0.4, -0.2) is 54.8 Å². The van der Waals surface area contributed by atoms with E-state index >= 15 is 0 Å². The molecule has 0 radical (unpaired) electrons. The molecule has 4 rings (SSSR count). The summed E-state index contributed by atoms with van der Waals surface area (Å²) in [6.45, 7) is 1.08. The Morgan fingerprint density at radius 2 is 2.00 bits per heavy atom. The highest BCUT2D eigenvalue weighted by Crippen LogP contribution is 2.26. The van der Waals surface area contributed by atoms with Gasteiger partial charge in [0.05, 0.1) is 19.5 Å². The summed E-state index contributed by atoms with van der Waals surface area (Å²) in [6, 6.07) is 8.10. The third kappa shape index (κ3) is 3.05. The van der Waals surface area contributed by atoms with Crippen molar-refractivity contribution in [2.45, 2.75) is 36.2 Å². The highest BCUT2D eigenvalue weighted by molar-refractivity contribution is 7.89. The van der Waals surface area contributed by atoms with E-state index in [2.05, 4.69) is 10.4 Å². The van der Waals surface area contributed by atoms with Gasteiger partial charge in [0.2, 0.25) is 10.0 Å². The maximum absolute atomic E-state index is 13.0. The van der Waals surface area contributed by atoms with Crippen molar-refractivity contribution in [2.24, 2.45) is 0 Å². The van der Waals surface area contributed by atoms with Gasteiger partial charge in [-0.05, 0) is 31.4 Å². The molecule has 2 atom stereocenters. The van der Waals surface area contributed by atoms with Crippen molar-refractivity contribution in [3.63, 3.8) is 0 Å². The average molecular weight is 362 g/mol. The highest BCUT2D eigenvalue weighted by Gasteiger charge is 2.35. The summed E-state index contributed by atoms with van der Waals surface area (Å²) in [6.07, 6.45) is 6.01. The van der Waals surface area contributed by atoms with Gasteiger partial charge >= 0.3 is 0 Å². The van der Waals surface area contributed by atoms with Gasteiger partial charge in [-0.25, -0.2) is 13.1 Å². The second kappa shape index (κ2) is 6.44. The first kappa shape index (κ1) is 16.6. The smallest absolute Gasteiger partial charge is 0.246 e. The number of fused-ring (bicyclic) bond motifs is 2. The molecule has 8 heteroatoms. The summed E-state index contributed by atoms with van der Waals surface area (Å²) >= 11 is 0. The van der Waals surface area contributed by atoms with E-state index in [-0.39, 0.29) is 10.9 Å². The first-order chi connectivity index (χ1) is 12.1. The Morgan fingerprint density at radius 3 is 2.84 bits per heavy atom. The van der Waals surface area contributed by atoms with Gasteiger partial charge in [0.15, 0.2) is 0 Å². The van der Waals surface area contributed by atoms with Gasteiger partial charge in [-0.2, -0.15) is 9.40 Å². The molecule has 2 saturated heterocycles. The molecule has 0 saturated carbocycles. The van der Waals surface area contributed by atoms with E-state index in [1.54, 1.807) is 22.3 Å². The fourth-order valence-corrected chi connectivity index (χ4v) is 5.10. The molecule has 0 aliphatic carbocycles. The summed E-state index contributed by atoms with van der Waals surface area (Å²) in [7, 11) is -1.96. The number of nitrogens with one attached hydrogen (secondary N) is 1. The van der Waals surface area contributed by atoms with E-state index in [0.717, 1.165) is 19.3 Å². The number of sulfonamides is 1. The second-order valence-electron chi connectivity index (χ2n) is 6.58. The monoisotopic (exact) mass is 362 g/mol. The largest absolute Gasteiger partial charge is 0.494 e. The molecule has 0 spiro atoms. The standard InChI is InChI=1S/C17H22N4O3S/c1-24-17-5-3-2-4-16(17)21-12-15(10-18-21)25(22,23)20-9-8-13-6-7-14(11-20)19-13/h2-5,10,12-14,19H,6-9,11H2,1H3.